The first-order valence-corrected chi connectivity index (χ1v) is 10.4. The molecule has 1 saturated heterocycles. The zero-order valence-electron chi connectivity index (χ0n) is 14.8. The van der Waals surface area contributed by atoms with E-state index >= 15 is 0 Å². The van der Waals surface area contributed by atoms with Crippen molar-refractivity contribution in [2.75, 3.05) is 13.2 Å². The van der Waals surface area contributed by atoms with Crippen molar-refractivity contribution in [3.05, 3.63) is 66.9 Å². The van der Waals surface area contributed by atoms with E-state index in [1.807, 2.05) is 60.7 Å². The second-order valence-electron chi connectivity index (χ2n) is 6.48. The summed E-state index contributed by atoms with van der Waals surface area (Å²) in [6, 6.07) is 18.8. The highest BCUT2D eigenvalue weighted by Crippen LogP contribution is 2.27. The molecule has 6 nitrogen and oxygen atoms in total. The summed E-state index contributed by atoms with van der Waals surface area (Å²) >= 11 is 0. The Morgan fingerprint density at radius 3 is 2.44 bits per heavy atom. The van der Waals surface area contributed by atoms with Crippen LogP contribution in [0.1, 0.15) is 12.8 Å². The van der Waals surface area contributed by atoms with Crippen molar-refractivity contribution in [3.63, 3.8) is 0 Å². The van der Waals surface area contributed by atoms with Gasteiger partial charge in [0.15, 0.2) is 0 Å². The fourth-order valence-corrected chi connectivity index (χ4v) is 4.36. The minimum atomic E-state index is -3.73. The molecule has 1 aliphatic heterocycles. The molecule has 4 rings (SSSR count). The molecule has 2 heterocycles. The third kappa shape index (κ3) is 3.95. The maximum absolute atomic E-state index is 13.0. The molecule has 1 atom stereocenters. The molecule has 1 fully saturated rings. The number of rotatable bonds is 6. The molecule has 0 bridgehead atoms. The van der Waals surface area contributed by atoms with Crippen LogP contribution in [0.5, 0.6) is 0 Å². The molecule has 27 heavy (non-hydrogen) atoms. The van der Waals surface area contributed by atoms with Crippen LogP contribution in [0.3, 0.4) is 0 Å². The second kappa shape index (κ2) is 7.64. The highest BCUT2D eigenvalue weighted by atomic mass is 32.2. The molecule has 3 aromatic rings. The Labute approximate surface area is 158 Å². The standard InChI is InChI=1S/C20H21N3O3S/c24-27(25,21-14-18-12-7-13-26-18)19-15-23(17-10-5-2-6-11-17)22-20(19)16-8-3-1-4-9-16/h1-6,8-11,15,18,21H,7,12-14H2. The number of ether oxygens (including phenoxy) is 1. The van der Waals surface area contributed by atoms with Crippen molar-refractivity contribution < 1.29 is 13.2 Å². The van der Waals surface area contributed by atoms with Crippen molar-refractivity contribution in [1.82, 2.24) is 14.5 Å². The molecule has 2 aromatic carbocycles. The zero-order chi connectivity index (χ0) is 18.7. The van der Waals surface area contributed by atoms with E-state index in [9.17, 15) is 8.42 Å². The minimum Gasteiger partial charge on any atom is -0.377 e. The van der Waals surface area contributed by atoms with Crippen LogP contribution < -0.4 is 4.72 Å². The van der Waals surface area contributed by atoms with Crippen LogP contribution in [-0.2, 0) is 14.8 Å². The number of nitrogens with one attached hydrogen (secondary N) is 1. The summed E-state index contributed by atoms with van der Waals surface area (Å²) in [4.78, 5) is 0.163. The van der Waals surface area contributed by atoms with Crippen LogP contribution >= 0.6 is 0 Å². The van der Waals surface area contributed by atoms with E-state index in [1.165, 1.54) is 0 Å². The van der Waals surface area contributed by atoms with Gasteiger partial charge in [0.1, 0.15) is 10.6 Å². The highest BCUT2D eigenvalue weighted by Gasteiger charge is 2.26. The largest absolute Gasteiger partial charge is 0.377 e. The van der Waals surface area contributed by atoms with Crippen LogP contribution in [0.2, 0.25) is 0 Å². The topological polar surface area (TPSA) is 73.2 Å². The van der Waals surface area contributed by atoms with Crippen LogP contribution in [0, 0.1) is 0 Å². The summed E-state index contributed by atoms with van der Waals surface area (Å²) in [6.45, 7) is 0.959. The first kappa shape index (κ1) is 17.9. The van der Waals surface area contributed by atoms with E-state index in [-0.39, 0.29) is 17.5 Å². The molecule has 1 aromatic heterocycles. The average molecular weight is 383 g/mol. The third-order valence-corrected chi connectivity index (χ3v) is 5.99. The van der Waals surface area contributed by atoms with Gasteiger partial charge in [-0.05, 0) is 25.0 Å². The van der Waals surface area contributed by atoms with Gasteiger partial charge in [-0.3, -0.25) is 0 Å². The van der Waals surface area contributed by atoms with Gasteiger partial charge >= 0.3 is 0 Å². The molecule has 0 saturated carbocycles. The highest BCUT2D eigenvalue weighted by molar-refractivity contribution is 7.89. The monoisotopic (exact) mass is 383 g/mol. The van der Waals surface area contributed by atoms with E-state index < -0.39 is 10.0 Å². The smallest absolute Gasteiger partial charge is 0.244 e. The Balaban J connectivity index is 1.72. The molecular weight excluding hydrogens is 362 g/mol. The Kier molecular flexibility index (Phi) is 5.07. The van der Waals surface area contributed by atoms with Crippen molar-refractivity contribution in [1.29, 1.82) is 0 Å². The number of hydrogen-bond donors (Lipinski definition) is 1. The Hall–Kier alpha value is -2.48. The predicted molar refractivity (Wildman–Crippen MR) is 103 cm³/mol. The van der Waals surface area contributed by atoms with Crippen LogP contribution in [0.25, 0.3) is 16.9 Å². The van der Waals surface area contributed by atoms with E-state index in [1.54, 1.807) is 10.9 Å². The van der Waals surface area contributed by atoms with Gasteiger partial charge in [0, 0.05) is 18.7 Å². The number of sulfonamides is 1. The number of para-hydroxylation sites is 1. The van der Waals surface area contributed by atoms with E-state index in [0.717, 1.165) is 24.1 Å². The van der Waals surface area contributed by atoms with Gasteiger partial charge in [-0.1, -0.05) is 48.5 Å². The fraction of sp³-hybridized carbons (Fsp3) is 0.250. The Bertz CT molecular complexity index is 995. The maximum atomic E-state index is 13.0. The van der Waals surface area contributed by atoms with Gasteiger partial charge < -0.3 is 4.74 Å². The summed E-state index contributed by atoms with van der Waals surface area (Å²) in [5.41, 5.74) is 1.99. The lowest BCUT2D eigenvalue weighted by molar-refractivity contribution is 0.114. The fourth-order valence-electron chi connectivity index (χ4n) is 3.15. The van der Waals surface area contributed by atoms with Gasteiger partial charge in [-0.2, -0.15) is 5.10 Å². The Morgan fingerprint density at radius 2 is 1.78 bits per heavy atom. The first-order chi connectivity index (χ1) is 13.1. The summed E-state index contributed by atoms with van der Waals surface area (Å²) in [6.07, 6.45) is 3.34. The lowest BCUT2D eigenvalue weighted by Crippen LogP contribution is -2.31. The van der Waals surface area contributed by atoms with Gasteiger partial charge in [-0.15, -0.1) is 0 Å². The van der Waals surface area contributed by atoms with E-state index in [0.29, 0.717) is 12.3 Å². The number of nitrogens with zero attached hydrogens (tertiary/aromatic N) is 2. The lowest BCUT2D eigenvalue weighted by Gasteiger charge is -2.11. The van der Waals surface area contributed by atoms with E-state index in [4.69, 9.17) is 4.74 Å². The number of aromatic nitrogens is 2. The molecule has 1 unspecified atom stereocenters. The maximum Gasteiger partial charge on any atom is 0.244 e. The third-order valence-electron chi connectivity index (χ3n) is 4.56. The number of hydrogen-bond acceptors (Lipinski definition) is 4. The summed E-state index contributed by atoms with van der Waals surface area (Å²) in [5, 5.41) is 4.56. The second-order valence-corrected chi connectivity index (χ2v) is 8.21. The summed E-state index contributed by atoms with van der Waals surface area (Å²) < 4.78 is 35.8. The van der Waals surface area contributed by atoms with Crippen molar-refractivity contribution >= 4 is 10.0 Å². The van der Waals surface area contributed by atoms with Crippen molar-refractivity contribution in [2.45, 2.75) is 23.8 Å². The molecular formula is C20H21N3O3S. The SMILES string of the molecule is O=S(=O)(NCC1CCCO1)c1cn(-c2ccccc2)nc1-c1ccccc1. The molecule has 0 amide bonds. The zero-order valence-corrected chi connectivity index (χ0v) is 15.6. The quantitative estimate of drug-likeness (QED) is 0.710. The van der Waals surface area contributed by atoms with Crippen LogP contribution in [0.4, 0.5) is 0 Å². The average Bonchev–Trinajstić information content (AvgIpc) is 3.38. The summed E-state index contributed by atoms with van der Waals surface area (Å²) in [5.74, 6) is 0. The molecule has 1 aliphatic rings. The molecule has 1 N–H and O–H groups in total. The molecule has 140 valence electrons. The van der Waals surface area contributed by atoms with Crippen molar-refractivity contribution in [2.24, 2.45) is 0 Å². The lowest BCUT2D eigenvalue weighted by atomic mass is 10.2. The summed E-state index contributed by atoms with van der Waals surface area (Å²) in [7, 11) is -3.73. The molecule has 0 aliphatic carbocycles. The van der Waals surface area contributed by atoms with E-state index in [2.05, 4.69) is 9.82 Å². The van der Waals surface area contributed by atoms with Gasteiger partial charge in [0.25, 0.3) is 0 Å². The van der Waals surface area contributed by atoms with Crippen LogP contribution in [-0.4, -0.2) is 37.5 Å². The predicted octanol–water partition coefficient (Wildman–Crippen LogP) is 3.00. The first-order valence-electron chi connectivity index (χ1n) is 8.95. The Morgan fingerprint density at radius 1 is 1.07 bits per heavy atom. The normalized spacial score (nSPS) is 17.3. The van der Waals surface area contributed by atoms with Gasteiger partial charge in [-0.25, -0.2) is 17.8 Å². The molecule has 0 radical (unpaired) electrons. The van der Waals surface area contributed by atoms with Gasteiger partial charge in [0.2, 0.25) is 10.0 Å². The van der Waals surface area contributed by atoms with Gasteiger partial charge in [0.05, 0.1) is 18.0 Å². The minimum absolute atomic E-state index is 0.0656. The van der Waals surface area contributed by atoms with Crippen molar-refractivity contribution in [3.8, 4) is 16.9 Å². The molecule has 0 spiro atoms. The number of benzene rings is 2. The molecule has 7 heteroatoms. The van der Waals surface area contributed by atoms with Crippen LogP contribution in [0.15, 0.2) is 71.8 Å².